The maximum Gasteiger partial charge on any atom is 0.215 e. The van der Waals surface area contributed by atoms with E-state index < -0.39 is 10.0 Å². The van der Waals surface area contributed by atoms with Crippen molar-refractivity contribution < 1.29 is 8.42 Å². The summed E-state index contributed by atoms with van der Waals surface area (Å²) in [5.41, 5.74) is 0. The highest BCUT2D eigenvalue weighted by atomic mass is 32.2. The van der Waals surface area contributed by atoms with Crippen molar-refractivity contribution in [1.82, 2.24) is 10.0 Å². The fourth-order valence-corrected chi connectivity index (χ4v) is 3.09. The first-order valence-corrected chi connectivity index (χ1v) is 6.84. The van der Waals surface area contributed by atoms with Crippen LogP contribution in [0, 0.1) is 12.3 Å². The Bertz CT molecular complexity index is 313. The molecular weight excluding hydrogens is 212 g/mol. The molecule has 0 saturated carbocycles. The molecule has 0 spiro atoms. The molecule has 0 aromatic heterocycles. The molecule has 0 aliphatic carbocycles. The first kappa shape index (κ1) is 12.5. The topological polar surface area (TPSA) is 58.2 Å². The molecule has 2 N–H and O–H groups in total. The molecule has 1 saturated heterocycles. The third kappa shape index (κ3) is 4.20. The van der Waals surface area contributed by atoms with E-state index in [1.165, 1.54) is 0 Å². The van der Waals surface area contributed by atoms with Gasteiger partial charge in [0.05, 0.1) is 5.25 Å². The van der Waals surface area contributed by atoms with E-state index in [-0.39, 0.29) is 5.25 Å². The number of nitrogens with one attached hydrogen (secondary N) is 2. The molecule has 1 rings (SSSR count). The van der Waals surface area contributed by atoms with Crippen LogP contribution in [0.5, 0.6) is 0 Å². The second-order valence-electron chi connectivity index (χ2n) is 3.72. The average Bonchev–Trinajstić information content (AvgIpc) is 2.26. The smallest absolute Gasteiger partial charge is 0.215 e. The Morgan fingerprint density at radius 2 is 2.33 bits per heavy atom. The van der Waals surface area contributed by atoms with Gasteiger partial charge in [0.2, 0.25) is 10.0 Å². The van der Waals surface area contributed by atoms with Crippen LogP contribution in [0.3, 0.4) is 0 Å². The number of terminal acetylenes is 1. The average molecular weight is 230 g/mol. The van der Waals surface area contributed by atoms with Gasteiger partial charge in [-0.15, -0.1) is 12.3 Å². The fourth-order valence-electron chi connectivity index (χ4n) is 1.61. The minimum absolute atomic E-state index is 0.280. The van der Waals surface area contributed by atoms with Gasteiger partial charge in [-0.25, -0.2) is 13.1 Å². The lowest BCUT2D eigenvalue weighted by Gasteiger charge is -2.22. The third-order valence-corrected chi connectivity index (χ3v) is 4.38. The van der Waals surface area contributed by atoms with Gasteiger partial charge in [-0.1, -0.05) is 0 Å². The molecular formula is C10H18N2O2S. The molecule has 0 amide bonds. The molecule has 1 atom stereocenters. The van der Waals surface area contributed by atoms with E-state index in [4.69, 9.17) is 6.42 Å². The maximum atomic E-state index is 11.7. The second kappa shape index (κ2) is 6.11. The van der Waals surface area contributed by atoms with E-state index in [0.717, 1.165) is 19.4 Å². The first-order valence-electron chi connectivity index (χ1n) is 5.29. The molecule has 5 heteroatoms. The molecule has 1 fully saturated rings. The molecule has 86 valence electrons. The second-order valence-corrected chi connectivity index (χ2v) is 5.76. The zero-order valence-corrected chi connectivity index (χ0v) is 9.65. The van der Waals surface area contributed by atoms with Crippen LogP contribution < -0.4 is 10.0 Å². The van der Waals surface area contributed by atoms with Crippen LogP contribution in [0.2, 0.25) is 0 Å². The normalized spacial score (nSPS) is 22.2. The van der Waals surface area contributed by atoms with Gasteiger partial charge >= 0.3 is 0 Å². The summed E-state index contributed by atoms with van der Waals surface area (Å²) in [5.74, 6) is 2.49. The highest BCUT2D eigenvalue weighted by Gasteiger charge is 2.26. The monoisotopic (exact) mass is 230 g/mol. The fraction of sp³-hybridized carbons (Fsp3) is 0.800. The molecule has 1 heterocycles. The lowest BCUT2D eigenvalue weighted by atomic mass is 10.2. The molecule has 0 bridgehead atoms. The summed E-state index contributed by atoms with van der Waals surface area (Å²) in [5, 5.41) is 2.81. The predicted octanol–water partition coefficient (Wildman–Crippen LogP) is 0.0712. The van der Waals surface area contributed by atoms with Crippen LogP contribution in [-0.4, -0.2) is 33.3 Å². The molecule has 0 aromatic carbocycles. The SMILES string of the molecule is C#CCCCNS(=O)(=O)C1CCCNC1. The lowest BCUT2D eigenvalue weighted by molar-refractivity contribution is 0.489. The molecule has 15 heavy (non-hydrogen) atoms. The Hall–Kier alpha value is -0.570. The van der Waals surface area contributed by atoms with Crippen LogP contribution in [0.25, 0.3) is 0 Å². The maximum absolute atomic E-state index is 11.7. The van der Waals surface area contributed by atoms with E-state index in [1.807, 2.05) is 0 Å². The molecule has 1 aliphatic rings. The standard InChI is InChI=1S/C10H18N2O2S/c1-2-3-4-8-12-15(13,14)10-6-5-7-11-9-10/h1,10-12H,3-9H2. The van der Waals surface area contributed by atoms with E-state index in [9.17, 15) is 8.42 Å². The zero-order valence-electron chi connectivity index (χ0n) is 8.83. The number of piperidine rings is 1. The summed E-state index contributed by atoms with van der Waals surface area (Å²) in [6.45, 7) is 1.93. The van der Waals surface area contributed by atoms with Crippen LogP contribution in [0.1, 0.15) is 25.7 Å². The van der Waals surface area contributed by atoms with Crippen molar-refractivity contribution in [2.24, 2.45) is 0 Å². The van der Waals surface area contributed by atoms with Gasteiger partial charge in [0.25, 0.3) is 0 Å². The van der Waals surface area contributed by atoms with Crippen LogP contribution in [-0.2, 0) is 10.0 Å². The summed E-state index contributed by atoms with van der Waals surface area (Å²) < 4.78 is 26.1. The first-order chi connectivity index (χ1) is 7.17. The van der Waals surface area contributed by atoms with Gasteiger partial charge in [0.15, 0.2) is 0 Å². The van der Waals surface area contributed by atoms with Crippen LogP contribution >= 0.6 is 0 Å². The summed E-state index contributed by atoms with van der Waals surface area (Å²) >= 11 is 0. The number of hydrogen-bond acceptors (Lipinski definition) is 3. The highest BCUT2D eigenvalue weighted by Crippen LogP contribution is 2.10. The Morgan fingerprint density at radius 3 is 2.93 bits per heavy atom. The molecule has 0 radical (unpaired) electrons. The van der Waals surface area contributed by atoms with Crippen molar-refractivity contribution in [2.45, 2.75) is 30.9 Å². The largest absolute Gasteiger partial charge is 0.315 e. The number of sulfonamides is 1. The van der Waals surface area contributed by atoms with E-state index in [0.29, 0.717) is 25.9 Å². The Balaban J connectivity index is 2.34. The summed E-state index contributed by atoms with van der Waals surface area (Å²) in [6, 6.07) is 0. The zero-order chi connectivity index (χ0) is 11.1. The molecule has 1 aliphatic heterocycles. The molecule has 1 unspecified atom stereocenters. The minimum Gasteiger partial charge on any atom is -0.315 e. The van der Waals surface area contributed by atoms with Crippen LogP contribution in [0.4, 0.5) is 0 Å². The highest BCUT2D eigenvalue weighted by molar-refractivity contribution is 7.90. The van der Waals surface area contributed by atoms with Gasteiger partial charge in [0.1, 0.15) is 0 Å². The van der Waals surface area contributed by atoms with Crippen LogP contribution in [0.15, 0.2) is 0 Å². The Labute approximate surface area is 91.9 Å². The summed E-state index contributed by atoms with van der Waals surface area (Å²) in [6.07, 6.45) is 8.08. The lowest BCUT2D eigenvalue weighted by Crippen LogP contribution is -2.44. The van der Waals surface area contributed by atoms with E-state index in [2.05, 4.69) is 16.0 Å². The number of unbranched alkanes of at least 4 members (excludes halogenated alkanes) is 1. The van der Waals surface area contributed by atoms with E-state index >= 15 is 0 Å². The van der Waals surface area contributed by atoms with Crippen molar-refractivity contribution >= 4 is 10.0 Å². The quantitative estimate of drug-likeness (QED) is 0.519. The minimum atomic E-state index is -3.14. The third-order valence-electron chi connectivity index (χ3n) is 2.49. The molecule has 4 nitrogen and oxygen atoms in total. The Morgan fingerprint density at radius 1 is 1.53 bits per heavy atom. The van der Waals surface area contributed by atoms with Gasteiger partial charge in [0, 0.05) is 19.5 Å². The predicted molar refractivity (Wildman–Crippen MR) is 60.9 cm³/mol. The summed E-state index contributed by atoms with van der Waals surface area (Å²) in [7, 11) is -3.14. The van der Waals surface area contributed by atoms with Gasteiger partial charge in [-0.3, -0.25) is 0 Å². The van der Waals surface area contributed by atoms with Crippen molar-refractivity contribution in [3.63, 3.8) is 0 Å². The Kier molecular flexibility index (Phi) is 5.09. The number of rotatable bonds is 5. The molecule has 0 aromatic rings. The number of hydrogen-bond donors (Lipinski definition) is 2. The van der Waals surface area contributed by atoms with Crippen molar-refractivity contribution in [3.05, 3.63) is 0 Å². The van der Waals surface area contributed by atoms with Gasteiger partial charge in [-0.05, 0) is 25.8 Å². The summed E-state index contributed by atoms with van der Waals surface area (Å²) in [4.78, 5) is 0. The van der Waals surface area contributed by atoms with Gasteiger partial charge < -0.3 is 5.32 Å². The van der Waals surface area contributed by atoms with Crippen molar-refractivity contribution in [2.75, 3.05) is 19.6 Å². The van der Waals surface area contributed by atoms with Crippen molar-refractivity contribution in [1.29, 1.82) is 0 Å². The van der Waals surface area contributed by atoms with Gasteiger partial charge in [-0.2, -0.15) is 0 Å². The van der Waals surface area contributed by atoms with Crippen molar-refractivity contribution in [3.8, 4) is 12.3 Å². The van der Waals surface area contributed by atoms with E-state index in [1.54, 1.807) is 0 Å².